The van der Waals surface area contributed by atoms with Gasteiger partial charge in [-0.3, -0.25) is 0 Å². The van der Waals surface area contributed by atoms with E-state index in [9.17, 15) is 4.79 Å². The first-order valence-corrected chi connectivity index (χ1v) is 4.43. The van der Waals surface area contributed by atoms with Crippen molar-refractivity contribution in [1.29, 1.82) is 0 Å². The maximum atomic E-state index is 10.6. The maximum Gasteiger partial charge on any atom is 0.338 e. The second-order valence-corrected chi connectivity index (χ2v) is 3.43. The fourth-order valence-electron chi connectivity index (χ4n) is 1.40. The van der Waals surface area contributed by atoms with Gasteiger partial charge in [-0.05, 0) is 19.9 Å². The maximum absolute atomic E-state index is 10.6. The Morgan fingerprint density at radius 1 is 1.50 bits per heavy atom. The number of nitrogens with one attached hydrogen (secondary N) is 1. The molecule has 0 unspecified atom stereocenters. The molecular formula is C9H11N3O2. The van der Waals surface area contributed by atoms with E-state index in [2.05, 4.69) is 15.3 Å². The smallest absolute Gasteiger partial charge is 0.338 e. The van der Waals surface area contributed by atoms with Crippen molar-refractivity contribution in [1.82, 2.24) is 15.3 Å². The summed E-state index contributed by atoms with van der Waals surface area (Å²) in [4.78, 5) is 18.7. The van der Waals surface area contributed by atoms with E-state index in [1.54, 1.807) is 0 Å². The average molecular weight is 193 g/mol. The van der Waals surface area contributed by atoms with Crippen molar-refractivity contribution in [2.24, 2.45) is 0 Å². The van der Waals surface area contributed by atoms with Gasteiger partial charge >= 0.3 is 5.97 Å². The molecule has 14 heavy (non-hydrogen) atoms. The van der Waals surface area contributed by atoms with Crippen LogP contribution in [0.2, 0.25) is 0 Å². The standard InChI is InChI=1S/C9H11N3O2/c1-10-9(2-3-9)8-11-4-6(5-12-8)7(13)14/h4-5,10H,2-3H2,1H3,(H,13,14). The van der Waals surface area contributed by atoms with Crippen molar-refractivity contribution in [2.45, 2.75) is 18.4 Å². The molecule has 74 valence electrons. The van der Waals surface area contributed by atoms with Gasteiger partial charge in [-0.2, -0.15) is 0 Å². The summed E-state index contributed by atoms with van der Waals surface area (Å²) in [5.74, 6) is -0.309. The predicted octanol–water partition coefficient (Wildman–Crippen LogP) is 0.383. The third-order valence-electron chi connectivity index (χ3n) is 2.56. The molecule has 5 heteroatoms. The van der Waals surface area contributed by atoms with Crippen LogP contribution in [0.1, 0.15) is 29.0 Å². The van der Waals surface area contributed by atoms with Crippen LogP contribution in [0.5, 0.6) is 0 Å². The minimum Gasteiger partial charge on any atom is -0.478 e. The highest BCUT2D eigenvalue weighted by atomic mass is 16.4. The molecule has 1 aromatic heterocycles. The summed E-state index contributed by atoms with van der Waals surface area (Å²) in [6, 6.07) is 0. The van der Waals surface area contributed by atoms with Crippen molar-refractivity contribution in [3.63, 3.8) is 0 Å². The molecule has 0 bridgehead atoms. The van der Waals surface area contributed by atoms with Crippen molar-refractivity contribution in [3.05, 3.63) is 23.8 Å². The van der Waals surface area contributed by atoms with Gasteiger partial charge in [-0.25, -0.2) is 14.8 Å². The Kier molecular flexibility index (Phi) is 1.96. The third kappa shape index (κ3) is 1.35. The molecule has 2 N–H and O–H groups in total. The van der Waals surface area contributed by atoms with Crippen LogP contribution in [-0.4, -0.2) is 28.1 Å². The van der Waals surface area contributed by atoms with Gasteiger partial charge in [0.05, 0.1) is 11.1 Å². The first-order valence-electron chi connectivity index (χ1n) is 4.43. The quantitative estimate of drug-likeness (QED) is 0.726. The molecule has 1 aliphatic carbocycles. The fourth-order valence-corrected chi connectivity index (χ4v) is 1.40. The molecule has 1 heterocycles. The number of carbonyl (C=O) groups is 1. The highest BCUT2D eigenvalue weighted by Gasteiger charge is 2.45. The van der Waals surface area contributed by atoms with Gasteiger partial charge in [0.15, 0.2) is 0 Å². The Bertz CT molecular complexity index is 357. The number of hydrogen-bond donors (Lipinski definition) is 2. The van der Waals surface area contributed by atoms with Crippen LogP contribution >= 0.6 is 0 Å². The Labute approximate surface area is 81.2 Å². The molecule has 0 atom stereocenters. The first kappa shape index (κ1) is 9.08. The number of rotatable bonds is 3. The van der Waals surface area contributed by atoms with Crippen LogP contribution in [-0.2, 0) is 5.54 Å². The molecule has 2 rings (SSSR count). The molecule has 0 radical (unpaired) electrons. The van der Waals surface area contributed by atoms with Gasteiger partial charge in [0.1, 0.15) is 5.82 Å². The lowest BCUT2D eigenvalue weighted by Crippen LogP contribution is -2.27. The molecule has 0 amide bonds. The van der Waals surface area contributed by atoms with E-state index in [0.29, 0.717) is 5.82 Å². The van der Waals surface area contributed by atoms with Gasteiger partial charge in [0.25, 0.3) is 0 Å². The zero-order valence-electron chi connectivity index (χ0n) is 7.82. The monoisotopic (exact) mass is 193 g/mol. The number of aromatic nitrogens is 2. The van der Waals surface area contributed by atoms with Crippen molar-refractivity contribution < 1.29 is 9.90 Å². The molecule has 1 saturated carbocycles. The van der Waals surface area contributed by atoms with Crippen LogP contribution in [0.3, 0.4) is 0 Å². The Balaban J connectivity index is 2.26. The fraction of sp³-hybridized carbons (Fsp3) is 0.444. The zero-order valence-corrected chi connectivity index (χ0v) is 7.82. The summed E-state index contributed by atoms with van der Waals surface area (Å²) in [5, 5.41) is 11.8. The van der Waals surface area contributed by atoms with Crippen LogP contribution in [0.15, 0.2) is 12.4 Å². The molecule has 0 spiro atoms. The number of carboxylic acids is 1. The van der Waals surface area contributed by atoms with Crippen LogP contribution < -0.4 is 5.32 Å². The average Bonchev–Trinajstić information content (AvgIpc) is 2.99. The Hall–Kier alpha value is -1.49. The summed E-state index contributed by atoms with van der Waals surface area (Å²) in [5.41, 5.74) is 0.0254. The minimum atomic E-state index is -0.995. The molecular weight excluding hydrogens is 182 g/mol. The van der Waals surface area contributed by atoms with E-state index in [1.165, 1.54) is 12.4 Å². The lowest BCUT2D eigenvalue weighted by atomic mass is 10.2. The Morgan fingerprint density at radius 2 is 2.07 bits per heavy atom. The highest BCUT2D eigenvalue weighted by Crippen LogP contribution is 2.42. The van der Waals surface area contributed by atoms with Crippen LogP contribution in [0.4, 0.5) is 0 Å². The van der Waals surface area contributed by atoms with Crippen LogP contribution in [0.25, 0.3) is 0 Å². The second kappa shape index (κ2) is 3.02. The summed E-state index contributed by atoms with van der Waals surface area (Å²) >= 11 is 0. The SMILES string of the molecule is CNC1(c2ncc(C(=O)O)cn2)CC1. The van der Waals surface area contributed by atoms with Gasteiger partial charge < -0.3 is 10.4 Å². The van der Waals surface area contributed by atoms with Crippen molar-refractivity contribution >= 4 is 5.97 Å². The topological polar surface area (TPSA) is 75.1 Å². The van der Waals surface area contributed by atoms with Crippen molar-refractivity contribution in [2.75, 3.05) is 7.05 Å². The lowest BCUT2D eigenvalue weighted by Gasteiger charge is -2.11. The van der Waals surface area contributed by atoms with E-state index >= 15 is 0 Å². The van der Waals surface area contributed by atoms with Gasteiger partial charge in [0, 0.05) is 12.4 Å². The largest absolute Gasteiger partial charge is 0.478 e. The van der Waals surface area contributed by atoms with E-state index in [1.807, 2.05) is 7.05 Å². The minimum absolute atomic E-state index is 0.100. The van der Waals surface area contributed by atoms with E-state index in [-0.39, 0.29) is 11.1 Å². The molecule has 0 aromatic carbocycles. The molecule has 0 saturated heterocycles. The molecule has 1 aromatic rings. The molecule has 1 aliphatic rings. The van der Waals surface area contributed by atoms with Gasteiger partial charge in [-0.1, -0.05) is 0 Å². The Morgan fingerprint density at radius 3 is 2.43 bits per heavy atom. The highest BCUT2D eigenvalue weighted by molar-refractivity contribution is 5.86. The molecule has 5 nitrogen and oxygen atoms in total. The summed E-state index contributed by atoms with van der Waals surface area (Å²) in [7, 11) is 1.86. The summed E-state index contributed by atoms with van der Waals surface area (Å²) in [6.07, 6.45) is 4.72. The third-order valence-corrected chi connectivity index (χ3v) is 2.56. The first-order chi connectivity index (χ1) is 6.68. The summed E-state index contributed by atoms with van der Waals surface area (Å²) in [6.45, 7) is 0. The lowest BCUT2D eigenvalue weighted by molar-refractivity contribution is 0.0696. The van der Waals surface area contributed by atoms with Gasteiger partial charge in [-0.15, -0.1) is 0 Å². The van der Waals surface area contributed by atoms with Crippen molar-refractivity contribution in [3.8, 4) is 0 Å². The summed E-state index contributed by atoms with van der Waals surface area (Å²) < 4.78 is 0. The number of hydrogen-bond acceptors (Lipinski definition) is 4. The number of carboxylic acid groups (broad SMARTS) is 1. The van der Waals surface area contributed by atoms with Gasteiger partial charge in [0.2, 0.25) is 0 Å². The number of nitrogens with zero attached hydrogens (tertiary/aromatic N) is 2. The molecule has 0 aliphatic heterocycles. The van der Waals surface area contributed by atoms with E-state index < -0.39 is 5.97 Å². The molecule has 1 fully saturated rings. The zero-order chi connectivity index (χ0) is 10.2. The van der Waals surface area contributed by atoms with Crippen LogP contribution in [0, 0.1) is 0 Å². The normalized spacial score (nSPS) is 17.8. The predicted molar refractivity (Wildman–Crippen MR) is 49.0 cm³/mol. The van der Waals surface area contributed by atoms with E-state index in [4.69, 9.17) is 5.11 Å². The second-order valence-electron chi connectivity index (χ2n) is 3.43. The van der Waals surface area contributed by atoms with E-state index in [0.717, 1.165) is 12.8 Å². The number of aromatic carboxylic acids is 1.